The molecule has 1 heterocycles. The number of aromatic nitrogens is 1. The second kappa shape index (κ2) is 6.17. The Morgan fingerprint density at radius 3 is 2.56 bits per heavy atom. The topological polar surface area (TPSA) is 34.1 Å². The minimum absolute atomic E-state index is 0.244. The van der Waals surface area contributed by atoms with Gasteiger partial charge in [0.1, 0.15) is 5.75 Å². The summed E-state index contributed by atoms with van der Waals surface area (Å²) in [6, 6.07) is 14.3. The van der Waals surface area contributed by atoms with Crippen LogP contribution in [0.25, 0.3) is 0 Å². The second-order valence-corrected chi connectivity index (χ2v) is 4.21. The molecule has 94 valence electrons. The van der Waals surface area contributed by atoms with E-state index in [2.05, 4.69) is 29.4 Å². The molecule has 0 radical (unpaired) electrons. The van der Waals surface area contributed by atoms with Crippen molar-refractivity contribution in [2.24, 2.45) is 0 Å². The summed E-state index contributed by atoms with van der Waals surface area (Å²) in [4.78, 5) is 4.34. The van der Waals surface area contributed by atoms with Gasteiger partial charge in [-0.25, -0.2) is 0 Å². The highest BCUT2D eigenvalue weighted by Gasteiger charge is 2.05. The van der Waals surface area contributed by atoms with E-state index >= 15 is 0 Å². The van der Waals surface area contributed by atoms with Gasteiger partial charge in [-0.3, -0.25) is 4.98 Å². The largest absolute Gasteiger partial charge is 0.497 e. The van der Waals surface area contributed by atoms with Crippen molar-refractivity contribution in [1.29, 1.82) is 0 Å². The molecule has 0 fully saturated rings. The molecular weight excluding hydrogens is 224 g/mol. The summed E-state index contributed by atoms with van der Waals surface area (Å²) in [6.07, 6.45) is 1.82. The Bertz CT molecular complexity index is 468. The van der Waals surface area contributed by atoms with E-state index in [9.17, 15) is 0 Å². The molecule has 18 heavy (non-hydrogen) atoms. The van der Waals surface area contributed by atoms with Crippen LogP contribution in [-0.4, -0.2) is 12.1 Å². The number of methoxy groups -OCH3 is 1. The molecule has 2 rings (SSSR count). The number of ether oxygens (including phenoxy) is 1. The maximum Gasteiger partial charge on any atom is 0.118 e. The molecule has 1 aromatic carbocycles. The lowest BCUT2D eigenvalue weighted by Crippen LogP contribution is -2.18. The molecular formula is C15H18N2O. The second-order valence-electron chi connectivity index (χ2n) is 4.21. The highest BCUT2D eigenvalue weighted by Crippen LogP contribution is 2.13. The summed E-state index contributed by atoms with van der Waals surface area (Å²) in [5.41, 5.74) is 2.30. The Morgan fingerprint density at radius 2 is 1.94 bits per heavy atom. The van der Waals surface area contributed by atoms with Gasteiger partial charge < -0.3 is 10.1 Å². The molecule has 1 aromatic heterocycles. The molecule has 0 bridgehead atoms. The van der Waals surface area contributed by atoms with Crippen molar-refractivity contribution in [1.82, 2.24) is 10.3 Å². The van der Waals surface area contributed by atoms with Crippen LogP contribution in [0.2, 0.25) is 0 Å². The fraction of sp³-hybridized carbons (Fsp3) is 0.267. The number of hydrogen-bond donors (Lipinski definition) is 1. The summed E-state index contributed by atoms with van der Waals surface area (Å²) >= 11 is 0. The van der Waals surface area contributed by atoms with Crippen LogP contribution in [-0.2, 0) is 6.54 Å². The van der Waals surface area contributed by atoms with Crippen LogP contribution in [0, 0.1) is 0 Å². The third kappa shape index (κ3) is 3.31. The zero-order chi connectivity index (χ0) is 12.8. The third-order valence-corrected chi connectivity index (χ3v) is 2.90. The van der Waals surface area contributed by atoms with E-state index in [1.54, 1.807) is 7.11 Å². The van der Waals surface area contributed by atoms with Gasteiger partial charge in [0, 0.05) is 18.8 Å². The Balaban J connectivity index is 1.91. The summed E-state index contributed by atoms with van der Waals surface area (Å²) in [7, 11) is 1.68. The van der Waals surface area contributed by atoms with Crippen molar-refractivity contribution in [2.75, 3.05) is 7.11 Å². The fourth-order valence-corrected chi connectivity index (χ4v) is 1.75. The number of hydrogen-bond acceptors (Lipinski definition) is 3. The number of nitrogens with one attached hydrogen (secondary N) is 1. The van der Waals surface area contributed by atoms with Crippen LogP contribution in [0.3, 0.4) is 0 Å². The van der Waals surface area contributed by atoms with Crippen LogP contribution in [0.1, 0.15) is 24.2 Å². The smallest absolute Gasteiger partial charge is 0.118 e. The average molecular weight is 242 g/mol. The highest BCUT2D eigenvalue weighted by atomic mass is 16.5. The molecule has 0 aliphatic carbocycles. The zero-order valence-corrected chi connectivity index (χ0v) is 10.8. The predicted octanol–water partition coefficient (Wildman–Crippen LogP) is 2.94. The van der Waals surface area contributed by atoms with Gasteiger partial charge in [0.15, 0.2) is 0 Å². The van der Waals surface area contributed by atoms with Crippen LogP contribution in [0.5, 0.6) is 5.75 Å². The molecule has 0 spiro atoms. The SMILES string of the molecule is COc1ccc(CN[C@H](C)c2ccccn2)cc1. The van der Waals surface area contributed by atoms with Crippen LogP contribution >= 0.6 is 0 Å². The van der Waals surface area contributed by atoms with Crippen molar-refractivity contribution in [3.63, 3.8) is 0 Å². The van der Waals surface area contributed by atoms with Gasteiger partial charge in [-0.1, -0.05) is 18.2 Å². The van der Waals surface area contributed by atoms with Gasteiger partial charge in [-0.15, -0.1) is 0 Å². The lowest BCUT2D eigenvalue weighted by atomic mass is 10.1. The van der Waals surface area contributed by atoms with Crippen molar-refractivity contribution >= 4 is 0 Å². The molecule has 0 aliphatic heterocycles. The molecule has 1 N–H and O–H groups in total. The molecule has 3 heteroatoms. The van der Waals surface area contributed by atoms with E-state index in [-0.39, 0.29) is 6.04 Å². The average Bonchev–Trinajstić information content (AvgIpc) is 2.46. The number of pyridine rings is 1. The Labute approximate surface area is 108 Å². The number of nitrogens with zero attached hydrogens (tertiary/aromatic N) is 1. The van der Waals surface area contributed by atoms with E-state index in [0.29, 0.717) is 0 Å². The van der Waals surface area contributed by atoms with Crippen molar-refractivity contribution in [3.8, 4) is 5.75 Å². The normalized spacial score (nSPS) is 12.1. The van der Waals surface area contributed by atoms with Crippen LogP contribution in [0.4, 0.5) is 0 Å². The van der Waals surface area contributed by atoms with E-state index in [1.165, 1.54) is 5.56 Å². The van der Waals surface area contributed by atoms with Gasteiger partial charge >= 0.3 is 0 Å². The molecule has 0 unspecified atom stereocenters. The van der Waals surface area contributed by atoms with Crippen LogP contribution in [0.15, 0.2) is 48.7 Å². The molecule has 3 nitrogen and oxygen atoms in total. The molecule has 0 saturated heterocycles. The van der Waals surface area contributed by atoms with Gasteiger partial charge in [-0.05, 0) is 36.8 Å². The van der Waals surface area contributed by atoms with E-state index in [1.807, 2.05) is 36.5 Å². The molecule has 0 aliphatic rings. The number of benzene rings is 1. The first-order valence-corrected chi connectivity index (χ1v) is 6.07. The van der Waals surface area contributed by atoms with Gasteiger partial charge in [0.05, 0.1) is 12.8 Å². The van der Waals surface area contributed by atoms with Gasteiger partial charge in [-0.2, -0.15) is 0 Å². The van der Waals surface area contributed by atoms with Crippen molar-refractivity contribution < 1.29 is 4.74 Å². The maximum absolute atomic E-state index is 5.13. The summed E-state index contributed by atoms with van der Waals surface area (Å²) < 4.78 is 5.13. The Kier molecular flexibility index (Phi) is 4.31. The first-order valence-electron chi connectivity index (χ1n) is 6.07. The molecule has 0 saturated carbocycles. The van der Waals surface area contributed by atoms with E-state index in [4.69, 9.17) is 4.74 Å². The first-order chi connectivity index (χ1) is 8.79. The summed E-state index contributed by atoms with van der Waals surface area (Å²) in [5, 5.41) is 3.45. The molecule has 0 amide bonds. The minimum Gasteiger partial charge on any atom is -0.497 e. The Morgan fingerprint density at radius 1 is 1.17 bits per heavy atom. The first kappa shape index (κ1) is 12.6. The highest BCUT2D eigenvalue weighted by molar-refractivity contribution is 5.27. The molecule has 1 atom stereocenters. The predicted molar refractivity (Wildman–Crippen MR) is 72.5 cm³/mol. The Hall–Kier alpha value is -1.87. The maximum atomic E-state index is 5.13. The standard InChI is InChI=1S/C15H18N2O/c1-12(15-5-3-4-10-16-15)17-11-13-6-8-14(18-2)9-7-13/h3-10,12,17H,11H2,1-2H3/t12-/m1/s1. The molecule has 2 aromatic rings. The lowest BCUT2D eigenvalue weighted by molar-refractivity contribution is 0.414. The number of rotatable bonds is 5. The quantitative estimate of drug-likeness (QED) is 0.875. The van der Waals surface area contributed by atoms with Crippen LogP contribution < -0.4 is 10.1 Å². The zero-order valence-electron chi connectivity index (χ0n) is 10.8. The third-order valence-electron chi connectivity index (χ3n) is 2.90. The summed E-state index contributed by atoms with van der Waals surface area (Å²) in [5.74, 6) is 0.886. The van der Waals surface area contributed by atoms with E-state index in [0.717, 1.165) is 18.0 Å². The summed E-state index contributed by atoms with van der Waals surface area (Å²) in [6.45, 7) is 2.94. The fourth-order valence-electron chi connectivity index (χ4n) is 1.75. The van der Waals surface area contributed by atoms with E-state index < -0.39 is 0 Å². The lowest BCUT2D eigenvalue weighted by Gasteiger charge is -2.13. The van der Waals surface area contributed by atoms with Gasteiger partial charge in [0.25, 0.3) is 0 Å². The van der Waals surface area contributed by atoms with Crippen molar-refractivity contribution in [3.05, 3.63) is 59.9 Å². The van der Waals surface area contributed by atoms with Gasteiger partial charge in [0.2, 0.25) is 0 Å². The minimum atomic E-state index is 0.244. The van der Waals surface area contributed by atoms with Crippen molar-refractivity contribution in [2.45, 2.75) is 19.5 Å². The monoisotopic (exact) mass is 242 g/mol.